The summed E-state index contributed by atoms with van der Waals surface area (Å²) in [7, 11) is -3.62. The van der Waals surface area contributed by atoms with Crippen molar-refractivity contribution >= 4 is 32.8 Å². The first-order chi connectivity index (χ1) is 19.1. The fraction of sp³-hybridized carbons (Fsp3) is 0.250. The topological polar surface area (TPSA) is 128 Å². The van der Waals surface area contributed by atoms with Crippen LogP contribution in [0.2, 0.25) is 0 Å². The van der Waals surface area contributed by atoms with Gasteiger partial charge in [0.1, 0.15) is 12.1 Å². The number of aryl methyl sites for hydroxylation is 2. The Hall–Kier alpha value is -4.42. The molecule has 0 unspecified atom stereocenters. The molecule has 0 fully saturated rings. The number of carbonyl (C=O) groups is 1. The quantitative estimate of drug-likeness (QED) is 0.302. The van der Waals surface area contributed by atoms with Crippen LogP contribution in [0.5, 0.6) is 0 Å². The molecule has 3 heterocycles. The molecule has 5 rings (SSSR count). The number of anilines is 1. The Morgan fingerprint density at radius 3 is 2.40 bits per heavy atom. The lowest BCUT2D eigenvalue weighted by Gasteiger charge is -2.18. The number of amides is 1. The van der Waals surface area contributed by atoms with Crippen LogP contribution in [0.25, 0.3) is 22.5 Å². The first kappa shape index (κ1) is 27.2. The van der Waals surface area contributed by atoms with E-state index in [1.54, 1.807) is 35.5 Å². The van der Waals surface area contributed by atoms with E-state index >= 15 is 0 Å². The molecule has 40 heavy (non-hydrogen) atoms. The van der Waals surface area contributed by atoms with Gasteiger partial charge in [0.15, 0.2) is 11.5 Å². The maximum Gasteiger partial charge on any atom is 0.256 e. The van der Waals surface area contributed by atoms with Gasteiger partial charge in [-0.1, -0.05) is 26.0 Å². The zero-order chi connectivity index (χ0) is 28.6. The summed E-state index contributed by atoms with van der Waals surface area (Å²) < 4.78 is 30.3. The van der Waals surface area contributed by atoms with Gasteiger partial charge in [0.2, 0.25) is 10.0 Å². The van der Waals surface area contributed by atoms with Gasteiger partial charge in [-0.15, -0.1) is 0 Å². The van der Waals surface area contributed by atoms with Crippen molar-refractivity contribution in [2.24, 2.45) is 0 Å². The van der Waals surface area contributed by atoms with Crippen molar-refractivity contribution in [2.45, 2.75) is 39.5 Å². The van der Waals surface area contributed by atoms with Crippen LogP contribution in [0.3, 0.4) is 0 Å². The molecule has 0 saturated carbocycles. The molecule has 0 radical (unpaired) electrons. The predicted molar refractivity (Wildman–Crippen MR) is 152 cm³/mol. The molecule has 11 nitrogen and oxygen atoms in total. The summed E-state index contributed by atoms with van der Waals surface area (Å²) in [6, 6.07) is 13.6. The molecule has 1 N–H and O–H groups in total. The summed E-state index contributed by atoms with van der Waals surface area (Å²) in [6.07, 6.45) is 3.13. The number of hydrogen-bond acceptors (Lipinski definition) is 7. The molecule has 0 aliphatic carbocycles. The van der Waals surface area contributed by atoms with E-state index in [2.05, 4.69) is 25.5 Å². The fourth-order valence-corrected chi connectivity index (χ4v) is 6.03. The lowest BCUT2D eigenvalue weighted by Crippen LogP contribution is -2.30. The standard InChI is InChI=1S/C28H30N8O3S/c1-6-34(7-2)40(38,39)22-13-11-21(12-14-22)28(37)32-25-15-19(4)33-36(25)27-23-16-31-35(26(23)29-17-30-27)24-10-8-9-18(3)20(24)5/h8-17H,6-7H2,1-5H3,(H,32,37). The highest BCUT2D eigenvalue weighted by atomic mass is 32.2. The molecule has 12 heteroatoms. The van der Waals surface area contributed by atoms with Crippen LogP contribution in [0.15, 0.2) is 66.0 Å². The predicted octanol–water partition coefficient (Wildman–Crippen LogP) is 4.21. The van der Waals surface area contributed by atoms with Crippen molar-refractivity contribution in [1.82, 2.24) is 33.8 Å². The molecule has 1 amide bonds. The maximum absolute atomic E-state index is 13.2. The molecular formula is C28H30N8O3S. The van der Waals surface area contributed by atoms with Crippen LogP contribution < -0.4 is 5.32 Å². The number of hydrogen-bond donors (Lipinski definition) is 1. The van der Waals surface area contributed by atoms with Crippen LogP contribution in [-0.4, -0.2) is 61.2 Å². The van der Waals surface area contributed by atoms with Crippen molar-refractivity contribution in [3.05, 3.63) is 83.4 Å². The van der Waals surface area contributed by atoms with Gasteiger partial charge in [-0.2, -0.15) is 19.2 Å². The highest BCUT2D eigenvalue weighted by Crippen LogP contribution is 2.26. The van der Waals surface area contributed by atoms with Gasteiger partial charge in [-0.05, 0) is 62.2 Å². The highest BCUT2D eigenvalue weighted by Gasteiger charge is 2.23. The molecule has 0 bridgehead atoms. The monoisotopic (exact) mass is 558 g/mol. The summed E-state index contributed by atoms with van der Waals surface area (Å²) in [4.78, 5) is 22.3. The van der Waals surface area contributed by atoms with E-state index in [1.165, 1.54) is 34.9 Å². The van der Waals surface area contributed by atoms with E-state index in [0.29, 0.717) is 47.0 Å². The Morgan fingerprint density at radius 2 is 1.70 bits per heavy atom. The minimum absolute atomic E-state index is 0.137. The van der Waals surface area contributed by atoms with Crippen LogP contribution in [-0.2, 0) is 10.0 Å². The third-order valence-electron chi connectivity index (χ3n) is 6.88. The third kappa shape index (κ3) is 4.75. The number of rotatable bonds is 8. The Balaban J connectivity index is 1.47. The molecule has 5 aromatic rings. The summed E-state index contributed by atoms with van der Waals surface area (Å²) in [6.45, 7) is 10.2. The van der Waals surface area contributed by atoms with Crippen molar-refractivity contribution < 1.29 is 13.2 Å². The Kier molecular flexibility index (Phi) is 7.21. The first-order valence-electron chi connectivity index (χ1n) is 12.9. The van der Waals surface area contributed by atoms with Crippen molar-refractivity contribution in [2.75, 3.05) is 18.4 Å². The van der Waals surface area contributed by atoms with Crippen LogP contribution in [0.1, 0.15) is 41.0 Å². The number of carbonyl (C=O) groups excluding carboxylic acids is 1. The second kappa shape index (κ2) is 10.6. The minimum atomic E-state index is -3.62. The number of nitrogens with zero attached hydrogens (tertiary/aromatic N) is 7. The molecule has 0 atom stereocenters. The van der Waals surface area contributed by atoms with Gasteiger partial charge in [0.05, 0.1) is 27.9 Å². The second-order valence-corrected chi connectivity index (χ2v) is 11.3. The van der Waals surface area contributed by atoms with Gasteiger partial charge in [0.25, 0.3) is 5.91 Å². The number of nitrogens with one attached hydrogen (secondary N) is 1. The van der Waals surface area contributed by atoms with Crippen molar-refractivity contribution in [3.8, 4) is 11.5 Å². The molecule has 2 aromatic carbocycles. The molecule has 0 spiro atoms. The Bertz CT molecular complexity index is 1820. The summed E-state index contributed by atoms with van der Waals surface area (Å²) >= 11 is 0. The molecule has 0 aliphatic heterocycles. The summed E-state index contributed by atoms with van der Waals surface area (Å²) in [5, 5.41) is 12.7. The summed E-state index contributed by atoms with van der Waals surface area (Å²) in [5.41, 5.74) is 4.72. The highest BCUT2D eigenvalue weighted by molar-refractivity contribution is 7.89. The first-order valence-corrected chi connectivity index (χ1v) is 14.3. The lowest BCUT2D eigenvalue weighted by atomic mass is 10.1. The normalized spacial score (nSPS) is 11.8. The van der Waals surface area contributed by atoms with E-state index in [0.717, 1.165) is 16.8 Å². The average Bonchev–Trinajstić information content (AvgIpc) is 3.54. The maximum atomic E-state index is 13.2. The summed E-state index contributed by atoms with van der Waals surface area (Å²) in [5.74, 6) is 0.455. The van der Waals surface area contributed by atoms with Gasteiger partial charge in [0, 0.05) is 24.7 Å². The lowest BCUT2D eigenvalue weighted by molar-refractivity contribution is 0.102. The smallest absolute Gasteiger partial charge is 0.256 e. The Morgan fingerprint density at radius 1 is 0.975 bits per heavy atom. The molecule has 206 valence electrons. The van der Waals surface area contributed by atoms with Crippen LogP contribution in [0.4, 0.5) is 5.82 Å². The molecular weight excluding hydrogens is 528 g/mol. The number of benzene rings is 2. The van der Waals surface area contributed by atoms with Gasteiger partial charge < -0.3 is 5.32 Å². The Labute approximate surface area is 232 Å². The largest absolute Gasteiger partial charge is 0.306 e. The zero-order valence-electron chi connectivity index (χ0n) is 23.0. The van der Waals surface area contributed by atoms with Gasteiger partial charge >= 0.3 is 0 Å². The SMILES string of the molecule is CCN(CC)S(=O)(=O)c1ccc(C(=O)Nc2cc(C)nn2-c2ncnc3c2cnn3-c2cccc(C)c2C)cc1. The van der Waals surface area contributed by atoms with Gasteiger partial charge in [-0.25, -0.2) is 23.1 Å². The van der Waals surface area contributed by atoms with Crippen molar-refractivity contribution in [3.63, 3.8) is 0 Å². The third-order valence-corrected chi connectivity index (χ3v) is 8.95. The molecule has 3 aromatic heterocycles. The van der Waals surface area contributed by atoms with Crippen LogP contribution in [0, 0.1) is 20.8 Å². The number of fused-ring (bicyclic) bond motifs is 1. The van der Waals surface area contributed by atoms with Gasteiger partial charge in [-0.3, -0.25) is 4.79 Å². The van der Waals surface area contributed by atoms with Crippen LogP contribution >= 0.6 is 0 Å². The molecule has 0 aliphatic rings. The number of aromatic nitrogens is 6. The van der Waals surface area contributed by atoms with E-state index in [-0.39, 0.29) is 4.90 Å². The average molecular weight is 559 g/mol. The fourth-order valence-electron chi connectivity index (χ4n) is 4.57. The minimum Gasteiger partial charge on any atom is -0.306 e. The van der Waals surface area contributed by atoms with E-state index in [4.69, 9.17) is 0 Å². The van der Waals surface area contributed by atoms with E-state index in [1.807, 2.05) is 39.0 Å². The number of sulfonamides is 1. The van der Waals surface area contributed by atoms with E-state index in [9.17, 15) is 13.2 Å². The molecule has 0 saturated heterocycles. The second-order valence-electron chi connectivity index (χ2n) is 9.36. The van der Waals surface area contributed by atoms with Crippen molar-refractivity contribution in [1.29, 1.82) is 0 Å². The van der Waals surface area contributed by atoms with E-state index < -0.39 is 15.9 Å². The zero-order valence-corrected chi connectivity index (χ0v) is 23.8.